The van der Waals surface area contributed by atoms with E-state index in [-0.39, 0.29) is 17.7 Å². The summed E-state index contributed by atoms with van der Waals surface area (Å²) in [5, 5.41) is 101. The largest absolute Gasteiger partial charge is 0.504 e. The minimum Gasteiger partial charge on any atom is -0.504 e. The van der Waals surface area contributed by atoms with Crippen LogP contribution in [-0.2, 0) is 56.8 Å². The molecule has 5 aliphatic rings. The van der Waals surface area contributed by atoms with Crippen molar-refractivity contribution in [3.05, 3.63) is 132 Å². The zero-order chi connectivity index (χ0) is 75.6. The number of aromatic hydroxyl groups is 1. The van der Waals surface area contributed by atoms with Crippen LogP contribution in [-0.4, -0.2) is 282 Å². The third kappa shape index (κ3) is 19.7. The van der Waals surface area contributed by atoms with E-state index in [1.807, 2.05) is 59.8 Å². The van der Waals surface area contributed by atoms with E-state index in [2.05, 4.69) is 64.8 Å². The molecule has 0 radical (unpaired) electrons. The van der Waals surface area contributed by atoms with Gasteiger partial charge in [-0.3, -0.25) is 52.7 Å². The van der Waals surface area contributed by atoms with E-state index in [1.54, 1.807) is 12.1 Å². The van der Waals surface area contributed by atoms with Crippen molar-refractivity contribution in [2.24, 2.45) is 11.7 Å². The molecule has 105 heavy (non-hydrogen) atoms. The molecule has 6 heterocycles. The fourth-order valence-corrected chi connectivity index (χ4v) is 14.2. The van der Waals surface area contributed by atoms with Crippen molar-refractivity contribution in [1.82, 2.24) is 56.2 Å². The first-order valence-corrected chi connectivity index (χ1v) is 36.0. The van der Waals surface area contributed by atoms with E-state index in [0.717, 1.165) is 96.5 Å². The Kier molecular flexibility index (Phi) is 25.7. The third-order valence-corrected chi connectivity index (χ3v) is 19.9. The maximum Gasteiger partial charge on any atom is 0.446 e. The van der Waals surface area contributed by atoms with E-state index in [9.17, 15) is 87.4 Å². The highest BCUT2D eigenvalue weighted by Gasteiger charge is 2.50. The number of carbonyl (C=O) groups excluding carboxylic acids is 8. The maximum atomic E-state index is 15.1. The summed E-state index contributed by atoms with van der Waals surface area (Å²) >= 11 is 0. The van der Waals surface area contributed by atoms with Crippen molar-refractivity contribution in [3.8, 4) is 34.0 Å². The number of aliphatic hydroxyl groups is 7. The Bertz CT molecular complexity index is 4110. The first kappa shape index (κ1) is 78.0. The van der Waals surface area contributed by atoms with Gasteiger partial charge in [-0.15, -0.1) is 0 Å². The predicted molar refractivity (Wildman–Crippen MR) is 377 cm³/mol. The summed E-state index contributed by atoms with van der Waals surface area (Å²) in [6.07, 6.45) is -7.44. The lowest BCUT2D eigenvalue weighted by Crippen LogP contribution is -2.64. The number of nitrogens with one attached hydrogen (secondary N) is 5. The zero-order valence-electron chi connectivity index (χ0n) is 57.8. The van der Waals surface area contributed by atoms with Gasteiger partial charge in [0, 0.05) is 108 Å². The van der Waals surface area contributed by atoms with Crippen LogP contribution in [0.15, 0.2) is 109 Å². The standard InChI is InChI=1S/C71H89N13O20S/c1-39-37-84-62(63(39)93)69(98)75-36-48(87)31-52(66(95)77-59(40(2)86)70(99)83-38-49(88)32-53(83)67(96)78-60(68(97)79-61(71(84)100)56(91)33-58(72)92)55(90)28-42-8-15-54(89)57(29-42)104-105(101,102)103)76-65(94)50-14-13-46(30-51(50)44-17-20-80(21-18-44)26-27-85)43-9-11-45(12-10-43)64-73-34-47(35-74-64)82-24-22-81(23-25-82)19-16-41-6-4-3-5-7-41/h3-15,17,29-30,34-35,39-40,48-49,52-53,55-56,59-63,85-91,93H,16,18-28,31-33,36-38H2,1-2H3,(H2,72,92)(H,75,98)(H,76,94)(H,77,95)(H,78,96)(H,79,97)(H,101,102,103)/t39-,40+,48+,49+,52-,53-,55+,56+,59+,60-,61-,62-,63-/m0/s1. The SMILES string of the molecule is C[C@@H](O)[C@H]1NC(=O)[C@@H](NC(=O)c2ccc(-c3ccc(-c4ncc(N5CCN(CCc6ccccc6)CC5)cn4)cc3)cc2C2=CCN(CCO)CC2)C[C@@H](O)CNC(=O)[C@@H]2[C@@H](O)[C@@H](C)CN2C(=O)[C@H]([C@H](O)CC(N)=O)NC(=O)[C@H]([C@H](O)Cc2ccc(O)c(OS(=O)(=O)O)c2)NC(=O)[C@@H]2C[C@@H](O)CN2C1=O. The van der Waals surface area contributed by atoms with E-state index in [0.29, 0.717) is 43.0 Å². The molecule has 0 spiro atoms. The van der Waals surface area contributed by atoms with Gasteiger partial charge in [0.1, 0.15) is 36.3 Å². The molecule has 8 amide bonds. The summed E-state index contributed by atoms with van der Waals surface area (Å²) in [5.41, 5.74) is 10.9. The van der Waals surface area contributed by atoms with Crippen molar-refractivity contribution in [1.29, 1.82) is 0 Å². The van der Waals surface area contributed by atoms with Crippen LogP contribution in [0, 0.1) is 5.92 Å². The number of carbonyl (C=O) groups is 8. The van der Waals surface area contributed by atoms with Gasteiger partial charge in [-0.05, 0) is 77.4 Å². The Morgan fingerprint density at radius 3 is 2.04 bits per heavy atom. The van der Waals surface area contributed by atoms with Crippen LogP contribution in [0.4, 0.5) is 5.69 Å². The Labute approximate surface area is 605 Å². The van der Waals surface area contributed by atoms with E-state index in [4.69, 9.17) is 15.7 Å². The van der Waals surface area contributed by atoms with E-state index < -0.39 is 193 Å². The van der Waals surface area contributed by atoms with Gasteiger partial charge in [0.15, 0.2) is 17.3 Å². The topological polar surface area (TPSA) is 490 Å². The molecule has 4 saturated heterocycles. The van der Waals surface area contributed by atoms with Crippen LogP contribution in [0.5, 0.6) is 11.5 Å². The Morgan fingerprint density at radius 1 is 0.714 bits per heavy atom. The number of rotatable bonds is 20. The van der Waals surface area contributed by atoms with Crippen LogP contribution in [0.1, 0.15) is 66.6 Å². The molecule has 16 N–H and O–H groups in total. The van der Waals surface area contributed by atoms with Gasteiger partial charge >= 0.3 is 10.4 Å². The van der Waals surface area contributed by atoms with Crippen LogP contribution < -0.4 is 41.4 Å². The zero-order valence-corrected chi connectivity index (χ0v) is 58.6. The Morgan fingerprint density at radius 2 is 1.38 bits per heavy atom. The number of aromatic nitrogens is 2. The second-order valence-corrected chi connectivity index (χ2v) is 28.2. The molecule has 13 atom stereocenters. The highest BCUT2D eigenvalue weighted by atomic mass is 32.3. The van der Waals surface area contributed by atoms with Gasteiger partial charge in [-0.1, -0.05) is 79.7 Å². The molecular formula is C71H89N13O20S. The minimum absolute atomic E-state index is 0.0454. The number of anilines is 1. The fraction of sp³-hybridized carbons (Fsp3) is 0.465. The number of phenolic OH excluding ortho intramolecular Hbond substituents is 1. The summed E-state index contributed by atoms with van der Waals surface area (Å²) in [6.45, 7) is 6.31. The molecule has 5 aliphatic heterocycles. The van der Waals surface area contributed by atoms with Gasteiger partial charge in [-0.2, -0.15) is 8.42 Å². The molecule has 1 aromatic heterocycles. The Hall–Kier alpha value is -9.59. The number of hydrogen-bond donors (Lipinski definition) is 15. The average Bonchev–Trinajstić information content (AvgIpc) is 1.21. The summed E-state index contributed by atoms with van der Waals surface area (Å²) in [5.74, 6) is -11.8. The number of benzene rings is 4. The number of primary amides is 1. The second-order valence-electron chi connectivity index (χ2n) is 27.2. The molecular weight excluding hydrogens is 1390 g/mol. The van der Waals surface area contributed by atoms with Gasteiger partial charge in [0.05, 0.1) is 67.7 Å². The van der Waals surface area contributed by atoms with Crippen LogP contribution in [0.3, 0.4) is 0 Å². The second kappa shape index (κ2) is 34.6. The number of amides is 8. The number of hydrogen-bond acceptors (Lipinski definition) is 24. The lowest BCUT2D eigenvalue weighted by molar-refractivity contribution is -0.147. The Balaban J connectivity index is 0.940. The average molecular weight is 1480 g/mol. The first-order chi connectivity index (χ1) is 50.0. The monoisotopic (exact) mass is 1480 g/mol. The van der Waals surface area contributed by atoms with Crippen LogP contribution in [0.25, 0.3) is 28.1 Å². The molecule has 4 aromatic carbocycles. The highest BCUT2D eigenvalue weighted by molar-refractivity contribution is 7.81. The minimum atomic E-state index is -5.26. The van der Waals surface area contributed by atoms with Gasteiger partial charge in [-0.25, -0.2) is 9.97 Å². The van der Waals surface area contributed by atoms with Crippen molar-refractivity contribution in [3.63, 3.8) is 0 Å². The summed E-state index contributed by atoms with van der Waals surface area (Å²) < 4.78 is 37.1. The van der Waals surface area contributed by atoms with Crippen molar-refractivity contribution >= 4 is 68.9 Å². The number of piperazine rings is 1. The van der Waals surface area contributed by atoms with Crippen LogP contribution >= 0.6 is 0 Å². The lowest BCUT2D eigenvalue weighted by Gasteiger charge is -2.35. The summed E-state index contributed by atoms with van der Waals surface area (Å²) in [4.78, 5) is 134. The molecule has 34 heteroatoms. The van der Waals surface area contributed by atoms with Crippen molar-refractivity contribution in [2.45, 2.75) is 125 Å². The lowest BCUT2D eigenvalue weighted by atomic mass is 9.90. The van der Waals surface area contributed by atoms with Crippen LogP contribution in [0.2, 0.25) is 0 Å². The van der Waals surface area contributed by atoms with Crippen molar-refractivity contribution in [2.75, 3.05) is 83.5 Å². The number of nitrogens with two attached hydrogens (primary N) is 1. The fourth-order valence-electron chi connectivity index (χ4n) is 13.8. The molecule has 33 nitrogen and oxygen atoms in total. The van der Waals surface area contributed by atoms with Gasteiger partial charge in [0.25, 0.3) is 5.91 Å². The molecule has 564 valence electrons. The quantitative estimate of drug-likeness (QED) is 0.0345. The number of phenols is 1. The molecule has 0 bridgehead atoms. The number of β-amino-alcohol motifs (C(OH)–C–C–N with tert-alkyl or cyclic N) is 2. The predicted octanol–water partition coefficient (Wildman–Crippen LogP) is -3.03. The molecule has 0 unspecified atom stereocenters. The number of nitrogens with zero attached hydrogens (tertiary/aromatic N) is 7. The molecule has 0 saturated carbocycles. The number of aliphatic hydroxyl groups excluding tert-OH is 7. The molecule has 5 aromatic rings. The molecule has 10 rings (SSSR count). The van der Waals surface area contributed by atoms with Gasteiger partial charge < -0.3 is 92.1 Å². The summed E-state index contributed by atoms with van der Waals surface area (Å²) in [7, 11) is -5.26. The smallest absolute Gasteiger partial charge is 0.446 e. The van der Waals surface area contributed by atoms with Crippen molar-refractivity contribution < 1.29 is 96.4 Å². The maximum absolute atomic E-state index is 15.1. The third-order valence-electron chi connectivity index (χ3n) is 19.6. The number of fused-ring (bicyclic) bond motifs is 2. The first-order valence-electron chi connectivity index (χ1n) is 34.6. The molecule has 0 aliphatic carbocycles. The molecule has 4 fully saturated rings. The van der Waals surface area contributed by atoms with E-state index >= 15 is 4.79 Å². The highest BCUT2D eigenvalue weighted by Crippen LogP contribution is 2.34. The van der Waals surface area contributed by atoms with Gasteiger partial charge in [0.2, 0.25) is 41.4 Å². The summed E-state index contributed by atoms with van der Waals surface area (Å²) in [6, 6.07) is 13.7. The van der Waals surface area contributed by atoms with E-state index in [1.165, 1.54) is 12.5 Å². The normalized spacial score (nSPS) is 25.3.